The van der Waals surface area contributed by atoms with Crippen molar-refractivity contribution in [1.82, 2.24) is 40.4 Å². The van der Waals surface area contributed by atoms with Crippen molar-refractivity contribution in [3.8, 4) is 22.4 Å². The van der Waals surface area contributed by atoms with Crippen molar-refractivity contribution in [2.75, 3.05) is 33.4 Å². The lowest BCUT2D eigenvalue weighted by Gasteiger charge is -2.30. The van der Waals surface area contributed by atoms with Gasteiger partial charge in [-0.15, -0.1) is 0 Å². The van der Waals surface area contributed by atoms with Crippen LogP contribution in [0.5, 0.6) is 0 Å². The molecule has 2 saturated heterocycles. The zero-order chi connectivity index (χ0) is 46.6. The summed E-state index contributed by atoms with van der Waals surface area (Å²) in [7, 11) is 1.31. The summed E-state index contributed by atoms with van der Waals surface area (Å²) in [5, 5.41) is 7.81. The van der Waals surface area contributed by atoms with Gasteiger partial charge in [0.1, 0.15) is 23.7 Å². The molecule has 0 bridgehead atoms. The summed E-state index contributed by atoms with van der Waals surface area (Å²) in [5.41, 5.74) is 6.46. The molecule has 1 saturated carbocycles. The highest BCUT2D eigenvalue weighted by atomic mass is 16.5. The number of carbonyl (C=O) groups excluding carboxylic acids is 4. The Morgan fingerprint density at radius 3 is 2.27 bits per heavy atom. The largest absolute Gasteiger partial charge is 0.453 e. The maximum Gasteiger partial charge on any atom is 0.407 e. The quantitative estimate of drug-likeness (QED) is 0.0789. The van der Waals surface area contributed by atoms with Gasteiger partial charge >= 0.3 is 6.09 Å². The number of aromatic amines is 2. The minimum atomic E-state index is -0.763. The highest BCUT2D eigenvalue weighted by Gasteiger charge is 2.42. The van der Waals surface area contributed by atoms with E-state index in [1.807, 2.05) is 66.2 Å². The number of methoxy groups -OCH3 is 1. The molecule has 14 nitrogen and oxygen atoms in total. The number of benzene rings is 4. The van der Waals surface area contributed by atoms with Crippen molar-refractivity contribution < 1.29 is 28.7 Å². The van der Waals surface area contributed by atoms with Gasteiger partial charge in [0.05, 0.1) is 48.7 Å². The van der Waals surface area contributed by atoms with Crippen molar-refractivity contribution in [3.63, 3.8) is 0 Å². The fraction of sp³-hybridized carbons (Fsp3) is 0.434. The molecule has 4 amide bonds. The topological polar surface area (TPSA) is 175 Å². The molecule has 4 N–H and O–H groups in total. The summed E-state index contributed by atoms with van der Waals surface area (Å²) in [4.78, 5) is 73.9. The molecule has 2 aromatic heterocycles. The third-order valence-corrected chi connectivity index (χ3v) is 14.0. The van der Waals surface area contributed by atoms with Gasteiger partial charge in [0.15, 0.2) is 0 Å². The summed E-state index contributed by atoms with van der Waals surface area (Å²) >= 11 is 0. The summed E-state index contributed by atoms with van der Waals surface area (Å²) in [6.07, 6.45) is 8.77. The van der Waals surface area contributed by atoms with Gasteiger partial charge in [0, 0.05) is 37.4 Å². The Kier molecular flexibility index (Phi) is 13.7. The second-order valence-electron chi connectivity index (χ2n) is 18.9. The number of nitrogens with zero attached hydrogens (tertiary/aromatic N) is 4. The van der Waals surface area contributed by atoms with Gasteiger partial charge in [0.2, 0.25) is 17.7 Å². The first kappa shape index (κ1) is 45.6. The van der Waals surface area contributed by atoms with Crippen molar-refractivity contribution in [2.45, 2.75) is 96.3 Å². The van der Waals surface area contributed by atoms with Crippen LogP contribution < -0.4 is 10.6 Å². The highest BCUT2D eigenvalue weighted by molar-refractivity contribution is 6.05. The molecule has 1 aliphatic carbocycles. The van der Waals surface area contributed by atoms with Crippen molar-refractivity contribution in [1.29, 1.82) is 0 Å². The summed E-state index contributed by atoms with van der Waals surface area (Å²) < 4.78 is 11.2. The number of carbonyl (C=O) groups is 4. The zero-order valence-electron chi connectivity index (χ0n) is 38.9. The van der Waals surface area contributed by atoms with E-state index in [0.717, 1.165) is 80.9 Å². The van der Waals surface area contributed by atoms with Gasteiger partial charge in [-0.1, -0.05) is 106 Å². The molecule has 0 unspecified atom stereocenters. The van der Waals surface area contributed by atoms with Crippen LogP contribution in [0.25, 0.3) is 44.2 Å². The Bertz CT molecular complexity index is 2710. The van der Waals surface area contributed by atoms with E-state index in [1.165, 1.54) is 32.8 Å². The molecule has 0 radical (unpaired) electrons. The molecule has 67 heavy (non-hydrogen) atoms. The first-order valence-electron chi connectivity index (χ1n) is 24.0. The lowest BCUT2D eigenvalue weighted by atomic mass is 9.99. The molecular formula is C53H62N8O6. The lowest BCUT2D eigenvalue weighted by molar-refractivity contribution is -0.137. The first-order chi connectivity index (χ1) is 32.6. The molecule has 3 fully saturated rings. The van der Waals surface area contributed by atoms with Gasteiger partial charge in [0.25, 0.3) is 0 Å². The molecule has 4 aromatic carbocycles. The molecule has 3 aliphatic rings. The Morgan fingerprint density at radius 2 is 1.52 bits per heavy atom. The molecule has 5 atom stereocenters. The number of H-pyrrole nitrogens is 2. The van der Waals surface area contributed by atoms with E-state index in [9.17, 15) is 19.2 Å². The maximum absolute atomic E-state index is 14.3. The van der Waals surface area contributed by atoms with E-state index in [0.29, 0.717) is 38.5 Å². The van der Waals surface area contributed by atoms with Crippen LogP contribution in [0.1, 0.15) is 107 Å². The van der Waals surface area contributed by atoms with Gasteiger partial charge in [-0.25, -0.2) is 14.8 Å². The second kappa shape index (κ2) is 20.1. The summed E-state index contributed by atoms with van der Waals surface area (Å²) in [5.74, 6) is 1.58. The number of fused-ring (bicyclic) bond motifs is 3. The zero-order valence-corrected chi connectivity index (χ0v) is 38.9. The van der Waals surface area contributed by atoms with Crippen molar-refractivity contribution in [2.24, 2.45) is 17.8 Å². The number of imidazole rings is 2. The third-order valence-electron chi connectivity index (χ3n) is 14.0. The summed E-state index contributed by atoms with van der Waals surface area (Å²) in [6.45, 7) is 8.06. The molecule has 2 aliphatic heterocycles. The molecule has 4 heterocycles. The van der Waals surface area contributed by atoms with E-state index in [2.05, 4.69) is 69.1 Å². The first-order valence-corrected chi connectivity index (χ1v) is 24.0. The number of likely N-dealkylation sites (tertiary alicyclic amines) is 2. The van der Waals surface area contributed by atoms with Crippen LogP contribution in [0.3, 0.4) is 0 Å². The van der Waals surface area contributed by atoms with Crippen molar-refractivity contribution >= 4 is 45.6 Å². The smallest absolute Gasteiger partial charge is 0.407 e. The minimum Gasteiger partial charge on any atom is -0.453 e. The fourth-order valence-corrected chi connectivity index (χ4v) is 10.3. The number of hydrogen-bond donors (Lipinski definition) is 4. The number of alkyl carbamates (subject to hydrolysis) is 1. The standard InChI is InChI=1S/C53H62N8O6/c1-5-45(62)57-47(37-14-7-6-8-15-37)52(64)60-25-11-16-43(60)49-54-28-42(56-49)36-19-17-35(18-20-36)38-21-23-40-39(27-38)22-24-41-48(40)58-50(55-41)44-26-34(31-67-30-33-12-9-10-13-33)29-61(44)51(63)46(32(2)3)59-53(65)66-4/h6-8,14-15,17-24,27-28,32-34,43-44,46-47H,5,9-13,16,25-26,29-31H2,1-4H3,(H,54,56)(H,55,58)(H,57,62)(H,59,65)/t34-,43-,44-,46-,47+/m0/s1. The molecule has 6 aromatic rings. The number of amides is 4. The number of aromatic nitrogens is 4. The van der Waals surface area contributed by atoms with Gasteiger partial charge in [-0.2, -0.15) is 0 Å². The van der Waals surface area contributed by atoms with Gasteiger partial charge in [-0.3, -0.25) is 14.4 Å². The van der Waals surface area contributed by atoms with Crippen LogP contribution in [0, 0.1) is 17.8 Å². The highest BCUT2D eigenvalue weighted by Crippen LogP contribution is 2.39. The monoisotopic (exact) mass is 906 g/mol. The average Bonchev–Trinajstić information content (AvgIpc) is 4.22. The molecular weight excluding hydrogens is 845 g/mol. The number of hydrogen-bond acceptors (Lipinski definition) is 8. The van der Waals surface area contributed by atoms with Crippen molar-refractivity contribution in [3.05, 3.63) is 108 Å². The summed E-state index contributed by atoms with van der Waals surface area (Å²) in [6, 6.07) is 26.3. The van der Waals surface area contributed by atoms with Gasteiger partial charge in [-0.05, 0) is 83.7 Å². The van der Waals surface area contributed by atoms with E-state index in [-0.39, 0.29) is 41.6 Å². The Morgan fingerprint density at radius 1 is 0.776 bits per heavy atom. The predicted octanol–water partition coefficient (Wildman–Crippen LogP) is 9.18. The Labute approximate surface area is 391 Å². The molecule has 9 rings (SSSR count). The normalized spacial score (nSPS) is 19.6. The van der Waals surface area contributed by atoms with Crippen LogP contribution in [-0.2, 0) is 23.9 Å². The minimum absolute atomic E-state index is 0.129. The number of nitrogens with one attached hydrogen (secondary N) is 4. The Balaban J connectivity index is 0.916. The molecule has 350 valence electrons. The predicted molar refractivity (Wildman–Crippen MR) is 257 cm³/mol. The number of rotatable bonds is 15. The van der Waals surface area contributed by atoms with Crippen LogP contribution in [0.4, 0.5) is 4.79 Å². The van der Waals surface area contributed by atoms with E-state index >= 15 is 0 Å². The van der Waals surface area contributed by atoms with Crippen LogP contribution in [0.15, 0.2) is 91.1 Å². The average molecular weight is 907 g/mol. The van der Waals surface area contributed by atoms with E-state index in [4.69, 9.17) is 19.4 Å². The third kappa shape index (κ3) is 9.81. The SMILES string of the molecule is CCC(=O)N[C@@H](C(=O)N1CCC[C@H]1c1ncc(-c2ccc(-c3ccc4c(ccc5nc([C@@H]6C[C@H](COCC7CCCC7)CN6C(=O)[C@@H](NC(=O)OC)C(C)C)[nH]c54)c3)cc2)[nH]1)c1ccccc1. The molecule has 14 heteroatoms. The van der Waals surface area contributed by atoms with Crippen LogP contribution >= 0.6 is 0 Å². The fourth-order valence-electron chi connectivity index (χ4n) is 10.3. The molecule has 0 spiro atoms. The van der Waals surface area contributed by atoms with Gasteiger partial charge < -0.3 is 39.9 Å². The van der Waals surface area contributed by atoms with Crippen LogP contribution in [-0.4, -0.2) is 93.0 Å². The van der Waals surface area contributed by atoms with Crippen LogP contribution in [0.2, 0.25) is 0 Å². The lowest BCUT2D eigenvalue weighted by Crippen LogP contribution is -2.51. The maximum atomic E-state index is 14.3. The van der Waals surface area contributed by atoms with E-state index < -0.39 is 18.2 Å². The van der Waals surface area contributed by atoms with E-state index in [1.54, 1.807) is 6.92 Å². The number of ether oxygens (including phenoxy) is 2. The Hall–Kier alpha value is -6.54. The second-order valence-corrected chi connectivity index (χ2v) is 18.9.